The van der Waals surface area contributed by atoms with Gasteiger partial charge >= 0.3 is 0 Å². The van der Waals surface area contributed by atoms with Crippen LogP contribution in [0.3, 0.4) is 0 Å². The van der Waals surface area contributed by atoms with Gasteiger partial charge in [-0.2, -0.15) is 0 Å². The fourth-order valence-corrected chi connectivity index (χ4v) is 4.82. The van der Waals surface area contributed by atoms with E-state index in [2.05, 4.69) is 10.6 Å². The Bertz CT molecular complexity index is 1160. The molecule has 1 amide bonds. The Morgan fingerprint density at radius 1 is 1.00 bits per heavy atom. The molecule has 0 fully saturated rings. The summed E-state index contributed by atoms with van der Waals surface area (Å²) >= 11 is 0. The molecular weight excluding hydrogens is 424 g/mol. The molecule has 0 radical (unpaired) electrons. The molecule has 3 aromatic rings. The largest absolute Gasteiger partial charge is 0.494 e. The van der Waals surface area contributed by atoms with Gasteiger partial charge in [-0.05, 0) is 68.3 Å². The van der Waals surface area contributed by atoms with Crippen molar-refractivity contribution in [2.24, 2.45) is 0 Å². The van der Waals surface area contributed by atoms with Crippen LogP contribution in [-0.4, -0.2) is 27.5 Å². The normalized spacial score (nSPS) is 12.1. The molecule has 0 bridgehead atoms. The van der Waals surface area contributed by atoms with E-state index in [1.807, 2.05) is 57.2 Å². The first-order valence-corrected chi connectivity index (χ1v) is 12.0. The standard InChI is InChI=1S/C25H28N2O4S/c1-4-31-21-11-13-22(14-12-21)32(29,30)24-16-18(2)10-15-23(24)26-17-25(28)27-19(3)20-8-6-5-7-9-20/h5-16,19,26H,4,17H2,1-3H3,(H,27,28). The van der Waals surface area contributed by atoms with Gasteiger partial charge in [0.25, 0.3) is 0 Å². The van der Waals surface area contributed by atoms with Crippen LogP contribution < -0.4 is 15.4 Å². The zero-order valence-corrected chi connectivity index (χ0v) is 19.3. The number of rotatable bonds is 9. The number of amides is 1. The predicted molar refractivity (Wildman–Crippen MR) is 126 cm³/mol. The van der Waals surface area contributed by atoms with Gasteiger partial charge in [-0.25, -0.2) is 8.42 Å². The molecule has 3 rings (SSSR count). The summed E-state index contributed by atoms with van der Waals surface area (Å²) in [6.45, 7) is 6.05. The first-order valence-electron chi connectivity index (χ1n) is 10.5. The van der Waals surface area contributed by atoms with Crippen molar-refractivity contribution in [2.45, 2.75) is 36.6 Å². The number of nitrogens with one attached hydrogen (secondary N) is 2. The molecular formula is C25H28N2O4S. The van der Waals surface area contributed by atoms with Gasteiger partial charge < -0.3 is 15.4 Å². The van der Waals surface area contributed by atoms with Crippen molar-refractivity contribution in [2.75, 3.05) is 18.5 Å². The Labute approximate surface area is 189 Å². The minimum Gasteiger partial charge on any atom is -0.494 e. The first kappa shape index (κ1) is 23.3. The van der Waals surface area contributed by atoms with Crippen molar-refractivity contribution in [1.82, 2.24) is 5.32 Å². The van der Waals surface area contributed by atoms with E-state index in [1.54, 1.807) is 24.3 Å². The maximum absolute atomic E-state index is 13.3. The summed E-state index contributed by atoms with van der Waals surface area (Å²) in [5, 5.41) is 5.91. The zero-order valence-electron chi connectivity index (χ0n) is 18.5. The molecule has 7 heteroatoms. The molecule has 3 aromatic carbocycles. The number of anilines is 1. The second-order valence-electron chi connectivity index (χ2n) is 7.46. The van der Waals surface area contributed by atoms with Gasteiger partial charge in [-0.1, -0.05) is 36.4 Å². The van der Waals surface area contributed by atoms with Crippen LogP contribution in [0.15, 0.2) is 82.6 Å². The Morgan fingerprint density at radius 2 is 1.69 bits per heavy atom. The Morgan fingerprint density at radius 3 is 2.34 bits per heavy atom. The molecule has 2 N–H and O–H groups in total. The van der Waals surface area contributed by atoms with Crippen LogP contribution in [0.5, 0.6) is 5.75 Å². The Balaban J connectivity index is 1.76. The fourth-order valence-electron chi connectivity index (χ4n) is 3.30. The number of carbonyl (C=O) groups excluding carboxylic acids is 1. The summed E-state index contributed by atoms with van der Waals surface area (Å²) in [4.78, 5) is 12.8. The lowest BCUT2D eigenvalue weighted by molar-refractivity contribution is -0.120. The van der Waals surface area contributed by atoms with E-state index in [1.165, 1.54) is 12.1 Å². The lowest BCUT2D eigenvalue weighted by Gasteiger charge is -2.17. The van der Waals surface area contributed by atoms with E-state index >= 15 is 0 Å². The molecule has 0 aromatic heterocycles. The number of hydrogen-bond donors (Lipinski definition) is 2. The van der Waals surface area contributed by atoms with E-state index in [0.29, 0.717) is 18.0 Å². The van der Waals surface area contributed by atoms with Crippen LogP contribution in [0.25, 0.3) is 0 Å². The maximum atomic E-state index is 13.3. The minimum atomic E-state index is -3.79. The molecule has 6 nitrogen and oxygen atoms in total. The van der Waals surface area contributed by atoms with E-state index in [0.717, 1.165) is 11.1 Å². The molecule has 1 unspecified atom stereocenters. The molecule has 168 valence electrons. The van der Waals surface area contributed by atoms with Crippen molar-refractivity contribution in [1.29, 1.82) is 0 Å². The van der Waals surface area contributed by atoms with Crippen molar-refractivity contribution in [3.8, 4) is 5.75 Å². The summed E-state index contributed by atoms with van der Waals surface area (Å²) in [5.41, 5.74) is 2.18. The molecule has 32 heavy (non-hydrogen) atoms. The second kappa shape index (κ2) is 10.3. The zero-order chi connectivity index (χ0) is 23.1. The second-order valence-corrected chi connectivity index (χ2v) is 9.38. The van der Waals surface area contributed by atoms with Crippen molar-refractivity contribution in [3.05, 3.63) is 83.9 Å². The predicted octanol–water partition coefficient (Wildman–Crippen LogP) is 4.52. The lowest BCUT2D eigenvalue weighted by Crippen LogP contribution is -2.32. The van der Waals surface area contributed by atoms with E-state index in [4.69, 9.17) is 4.74 Å². The number of hydrogen-bond acceptors (Lipinski definition) is 5. The highest BCUT2D eigenvalue weighted by molar-refractivity contribution is 7.91. The van der Waals surface area contributed by atoms with Gasteiger partial charge in [0.2, 0.25) is 15.7 Å². The highest BCUT2D eigenvalue weighted by Gasteiger charge is 2.22. The third-order valence-electron chi connectivity index (χ3n) is 4.99. The van der Waals surface area contributed by atoms with Crippen molar-refractivity contribution < 1.29 is 17.9 Å². The average Bonchev–Trinajstić information content (AvgIpc) is 2.79. The molecule has 0 aliphatic rings. The summed E-state index contributed by atoms with van der Waals surface area (Å²) < 4.78 is 32.0. The van der Waals surface area contributed by atoms with Crippen LogP contribution in [-0.2, 0) is 14.6 Å². The van der Waals surface area contributed by atoms with Gasteiger partial charge in [-0.3, -0.25) is 4.79 Å². The van der Waals surface area contributed by atoms with Crippen LogP contribution >= 0.6 is 0 Å². The highest BCUT2D eigenvalue weighted by Crippen LogP contribution is 2.29. The van der Waals surface area contributed by atoms with Crippen molar-refractivity contribution >= 4 is 21.4 Å². The number of sulfone groups is 1. The molecule has 0 aliphatic heterocycles. The number of aryl methyl sites for hydroxylation is 1. The van der Waals surface area contributed by atoms with E-state index in [9.17, 15) is 13.2 Å². The molecule has 1 atom stereocenters. The number of ether oxygens (including phenoxy) is 1. The van der Waals surface area contributed by atoms with Crippen molar-refractivity contribution in [3.63, 3.8) is 0 Å². The lowest BCUT2D eigenvalue weighted by atomic mass is 10.1. The number of carbonyl (C=O) groups is 1. The topological polar surface area (TPSA) is 84.5 Å². The van der Waals surface area contributed by atoms with E-state index < -0.39 is 9.84 Å². The smallest absolute Gasteiger partial charge is 0.239 e. The molecule has 0 saturated carbocycles. The third-order valence-corrected chi connectivity index (χ3v) is 6.80. The molecule has 0 aliphatic carbocycles. The summed E-state index contributed by atoms with van der Waals surface area (Å²) in [7, 11) is -3.79. The Hall–Kier alpha value is -3.32. The van der Waals surface area contributed by atoms with Gasteiger partial charge in [0, 0.05) is 0 Å². The van der Waals surface area contributed by atoms with Crippen LogP contribution in [0.2, 0.25) is 0 Å². The van der Waals surface area contributed by atoms with Crippen LogP contribution in [0.4, 0.5) is 5.69 Å². The Kier molecular flexibility index (Phi) is 7.53. The summed E-state index contributed by atoms with van der Waals surface area (Å²) in [6, 6.07) is 20.9. The monoisotopic (exact) mass is 452 g/mol. The first-order chi connectivity index (χ1) is 15.3. The average molecular weight is 453 g/mol. The molecule has 0 heterocycles. The van der Waals surface area contributed by atoms with Gasteiger partial charge in [0.1, 0.15) is 5.75 Å². The molecule has 0 saturated heterocycles. The van der Waals surface area contributed by atoms with Crippen LogP contribution in [0.1, 0.15) is 31.0 Å². The fraction of sp³-hybridized carbons (Fsp3) is 0.240. The van der Waals surface area contributed by atoms with Gasteiger partial charge in [-0.15, -0.1) is 0 Å². The quantitative estimate of drug-likeness (QED) is 0.499. The summed E-state index contributed by atoms with van der Waals surface area (Å²) in [6.07, 6.45) is 0. The molecule has 0 spiro atoms. The SMILES string of the molecule is CCOc1ccc(S(=O)(=O)c2cc(C)ccc2NCC(=O)NC(C)c2ccccc2)cc1. The van der Waals surface area contributed by atoms with Gasteiger partial charge in [0.15, 0.2) is 0 Å². The summed E-state index contributed by atoms with van der Waals surface area (Å²) in [5.74, 6) is 0.379. The van der Waals surface area contributed by atoms with Gasteiger partial charge in [0.05, 0.1) is 34.7 Å². The van der Waals surface area contributed by atoms with Crippen LogP contribution in [0, 0.1) is 6.92 Å². The van der Waals surface area contributed by atoms with E-state index in [-0.39, 0.29) is 28.3 Å². The maximum Gasteiger partial charge on any atom is 0.239 e. The third kappa shape index (κ3) is 5.68. The highest BCUT2D eigenvalue weighted by atomic mass is 32.2. The minimum absolute atomic E-state index is 0.0496. The number of benzene rings is 3.